The Morgan fingerprint density at radius 2 is 1.95 bits per heavy atom. The van der Waals surface area contributed by atoms with E-state index < -0.39 is 10.0 Å². The Morgan fingerprint density at radius 3 is 2.75 bits per heavy atom. The van der Waals surface area contributed by atoms with Gasteiger partial charge >= 0.3 is 0 Å². The molecule has 0 bridgehead atoms. The number of rotatable bonds is 4. The summed E-state index contributed by atoms with van der Waals surface area (Å²) in [4.78, 5) is 0.394. The number of hydrogen-bond acceptors (Lipinski definition) is 4. The van der Waals surface area contributed by atoms with Crippen molar-refractivity contribution < 1.29 is 8.42 Å². The zero-order valence-electron chi connectivity index (χ0n) is 11.4. The van der Waals surface area contributed by atoms with Crippen molar-refractivity contribution in [2.24, 2.45) is 5.92 Å². The van der Waals surface area contributed by atoms with Gasteiger partial charge in [0.05, 0.1) is 4.90 Å². The van der Waals surface area contributed by atoms with Gasteiger partial charge in [-0.15, -0.1) is 0 Å². The molecule has 0 amide bonds. The van der Waals surface area contributed by atoms with Crippen LogP contribution in [0.25, 0.3) is 0 Å². The Kier molecular flexibility index (Phi) is 4.35. The molecule has 4 nitrogen and oxygen atoms in total. The quantitative estimate of drug-likeness (QED) is 0.889. The van der Waals surface area contributed by atoms with Crippen molar-refractivity contribution in [2.45, 2.75) is 30.8 Å². The van der Waals surface area contributed by atoms with Crippen molar-refractivity contribution in [3.8, 4) is 0 Å². The first-order chi connectivity index (χ1) is 9.65. The summed E-state index contributed by atoms with van der Waals surface area (Å²) in [6.07, 6.45) is 2.22. The molecule has 1 aromatic rings. The van der Waals surface area contributed by atoms with E-state index in [4.69, 9.17) is 0 Å². The van der Waals surface area contributed by atoms with E-state index in [9.17, 15) is 8.42 Å². The van der Waals surface area contributed by atoms with Crippen LogP contribution in [0.3, 0.4) is 0 Å². The summed E-state index contributed by atoms with van der Waals surface area (Å²) >= 11 is 1.96. The number of hydrogen-bond donors (Lipinski definition) is 2. The highest BCUT2D eigenvalue weighted by Crippen LogP contribution is 2.23. The molecule has 2 N–H and O–H groups in total. The van der Waals surface area contributed by atoms with Gasteiger partial charge in [0.1, 0.15) is 0 Å². The average Bonchev–Trinajstić information content (AvgIpc) is 2.94. The molecule has 2 aliphatic heterocycles. The van der Waals surface area contributed by atoms with E-state index in [1.807, 2.05) is 17.8 Å². The molecule has 0 aliphatic carbocycles. The van der Waals surface area contributed by atoms with E-state index >= 15 is 0 Å². The molecule has 2 aliphatic rings. The van der Waals surface area contributed by atoms with Crippen molar-refractivity contribution >= 4 is 21.8 Å². The number of sulfonamides is 1. The normalized spacial score (nSPS) is 20.0. The molecule has 1 saturated heterocycles. The lowest BCUT2D eigenvalue weighted by molar-refractivity contribution is 0.476. The van der Waals surface area contributed by atoms with Crippen molar-refractivity contribution in [3.05, 3.63) is 29.3 Å². The maximum absolute atomic E-state index is 12.3. The number of fused-ring (bicyclic) bond motifs is 1. The van der Waals surface area contributed by atoms with Gasteiger partial charge in [0, 0.05) is 19.6 Å². The van der Waals surface area contributed by atoms with Gasteiger partial charge in [-0.2, -0.15) is 11.8 Å². The monoisotopic (exact) mass is 312 g/mol. The van der Waals surface area contributed by atoms with Crippen LogP contribution in [0.5, 0.6) is 0 Å². The fourth-order valence-electron chi connectivity index (χ4n) is 2.70. The van der Waals surface area contributed by atoms with Gasteiger partial charge in [0.15, 0.2) is 0 Å². The van der Waals surface area contributed by atoms with E-state index in [0.29, 0.717) is 17.4 Å². The summed E-state index contributed by atoms with van der Waals surface area (Å²) in [5.41, 5.74) is 2.30. The summed E-state index contributed by atoms with van der Waals surface area (Å²) in [6, 6.07) is 5.43. The summed E-state index contributed by atoms with van der Waals surface area (Å²) in [5.74, 6) is 2.79. The summed E-state index contributed by atoms with van der Waals surface area (Å²) in [7, 11) is -3.37. The third-order valence-electron chi connectivity index (χ3n) is 4.02. The molecule has 20 heavy (non-hydrogen) atoms. The third kappa shape index (κ3) is 3.19. The molecule has 0 radical (unpaired) electrons. The lowest BCUT2D eigenvalue weighted by atomic mass is 10.0. The van der Waals surface area contributed by atoms with Gasteiger partial charge in [-0.1, -0.05) is 6.07 Å². The van der Waals surface area contributed by atoms with Gasteiger partial charge in [0.25, 0.3) is 0 Å². The maximum atomic E-state index is 12.3. The van der Waals surface area contributed by atoms with E-state index in [2.05, 4.69) is 10.0 Å². The molecule has 110 valence electrons. The van der Waals surface area contributed by atoms with E-state index in [-0.39, 0.29) is 0 Å². The fourth-order valence-corrected chi connectivity index (χ4v) is 5.07. The average molecular weight is 312 g/mol. The minimum Gasteiger partial charge on any atom is -0.309 e. The van der Waals surface area contributed by atoms with Crippen LogP contribution >= 0.6 is 11.8 Å². The Morgan fingerprint density at radius 1 is 1.20 bits per heavy atom. The first kappa shape index (κ1) is 14.4. The van der Waals surface area contributed by atoms with Crippen LogP contribution in [0.15, 0.2) is 23.1 Å². The highest BCUT2D eigenvalue weighted by molar-refractivity contribution is 7.99. The molecule has 3 rings (SSSR count). The van der Waals surface area contributed by atoms with Crippen LogP contribution in [-0.4, -0.2) is 26.5 Å². The fraction of sp³-hybridized carbons (Fsp3) is 0.571. The summed E-state index contributed by atoms with van der Waals surface area (Å²) in [5, 5.41) is 3.23. The van der Waals surface area contributed by atoms with Crippen LogP contribution in [0.2, 0.25) is 0 Å². The lowest BCUT2D eigenvalue weighted by Crippen LogP contribution is -2.31. The minimum atomic E-state index is -3.37. The smallest absolute Gasteiger partial charge is 0.240 e. The molecule has 0 aromatic heterocycles. The second-order valence-electron chi connectivity index (χ2n) is 5.44. The number of benzene rings is 1. The Hall–Kier alpha value is -0.560. The van der Waals surface area contributed by atoms with Crippen LogP contribution in [-0.2, 0) is 23.1 Å². The van der Waals surface area contributed by atoms with Crippen LogP contribution < -0.4 is 10.0 Å². The highest BCUT2D eigenvalue weighted by atomic mass is 32.2. The van der Waals surface area contributed by atoms with Crippen LogP contribution in [0, 0.1) is 5.92 Å². The lowest BCUT2D eigenvalue weighted by Gasteiger charge is -2.21. The van der Waals surface area contributed by atoms with Crippen molar-refractivity contribution in [3.63, 3.8) is 0 Å². The summed E-state index contributed by atoms with van der Waals surface area (Å²) < 4.78 is 27.5. The molecule has 0 saturated carbocycles. The zero-order chi connectivity index (χ0) is 14.0. The summed E-state index contributed by atoms with van der Waals surface area (Å²) in [6.45, 7) is 2.17. The van der Waals surface area contributed by atoms with Gasteiger partial charge < -0.3 is 5.32 Å². The predicted octanol–water partition coefficient (Wildman–Crippen LogP) is 1.71. The van der Waals surface area contributed by atoms with Gasteiger partial charge in [0.2, 0.25) is 10.0 Å². The molecule has 0 spiro atoms. The molecule has 1 aromatic carbocycles. The molecule has 0 atom stereocenters. The maximum Gasteiger partial charge on any atom is 0.240 e. The third-order valence-corrected chi connectivity index (χ3v) is 6.49. The van der Waals surface area contributed by atoms with Crippen molar-refractivity contribution in [2.75, 3.05) is 18.1 Å². The molecular formula is C14H20N2O2S2. The first-order valence-electron chi connectivity index (χ1n) is 7.05. The Bertz CT molecular complexity index is 581. The largest absolute Gasteiger partial charge is 0.309 e. The molecule has 6 heteroatoms. The molecule has 0 unspecified atom stereocenters. The SMILES string of the molecule is O=S(=O)(NCC1CCSCC1)c1ccc2c(c1)CNC2. The molecule has 2 heterocycles. The van der Waals surface area contributed by atoms with Crippen LogP contribution in [0.1, 0.15) is 24.0 Å². The first-order valence-corrected chi connectivity index (χ1v) is 9.69. The minimum absolute atomic E-state index is 0.394. The van der Waals surface area contributed by atoms with E-state index in [1.165, 1.54) is 5.56 Å². The van der Waals surface area contributed by atoms with Gasteiger partial charge in [-0.05, 0) is 53.5 Å². The van der Waals surface area contributed by atoms with E-state index in [1.54, 1.807) is 12.1 Å². The highest BCUT2D eigenvalue weighted by Gasteiger charge is 2.20. The van der Waals surface area contributed by atoms with Crippen LogP contribution in [0.4, 0.5) is 0 Å². The predicted molar refractivity (Wildman–Crippen MR) is 82.2 cm³/mol. The van der Waals surface area contributed by atoms with Gasteiger partial charge in [-0.25, -0.2) is 13.1 Å². The van der Waals surface area contributed by atoms with Crippen molar-refractivity contribution in [1.82, 2.24) is 10.0 Å². The topological polar surface area (TPSA) is 58.2 Å². The number of thioether (sulfide) groups is 1. The Labute approximate surface area is 124 Å². The molecular weight excluding hydrogens is 292 g/mol. The second kappa shape index (κ2) is 6.05. The zero-order valence-corrected chi connectivity index (χ0v) is 13.0. The van der Waals surface area contributed by atoms with E-state index in [0.717, 1.165) is 43.0 Å². The molecule has 1 fully saturated rings. The second-order valence-corrected chi connectivity index (χ2v) is 8.43. The number of nitrogens with one attached hydrogen (secondary N) is 2. The Balaban J connectivity index is 1.68. The van der Waals surface area contributed by atoms with Gasteiger partial charge in [-0.3, -0.25) is 0 Å². The van der Waals surface area contributed by atoms with Crippen molar-refractivity contribution in [1.29, 1.82) is 0 Å². The standard InChI is InChI=1S/C14H20N2O2S2/c17-20(18,16-8-11-3-5-19-6-4-11)14-2-1-12-9-15-10-13(12)7-14/h1-2,7,11,15-16H,3-6,8-10H2.